The molecular weight excluding hydrogens is 520 g/mol. The van der Waals surface area contributed by atoms with Gasteiger partial charge in [-0.3, -0.25) is 0 Å². The molecule has 0 amide bonds. The largest absolute Gasteiger partial charge is 0.393 e. The van der Waals surface area contributed by atoms with E-state index in [2.05, 4.69) is 27.7 Å². The van der Waals surface area contributed by atoms with Gasteiger partial charge in [0.2, 0.25) is 0 Å². The molecule has 7 heteroatoms. The molecule has 0 aliphatic rings. The smallest absolute Gasteiger partial charge is 0.149 e. The summed E-state index contributed by atoms with van der Waals surface area (Å²) in [6, 6.07) is 0. The van der Waals surface area contributed by atoms with Crippen LogP contribution in [0.3, 0.4) is 0 Å². The summed E-state index contributed by atoms with van der Waals surface area (Å²) in [7, 11) is 0. The molecule has 0 radical (unpaired) electrons. The van der Waals surface area contributed by atoms with Gasteiger partial charge in [-0.15, -0.1) is 0 Å². The molecule has 0 aliphatic heterocycles. The van der Waals surface area contributed by atoms with E-state index in [9.17, 15) is 10.2 Å². The summed E-state index contributed by atoms with van der Waals surface area (Å²) in [5.41, 5.74) is 0. The van der Waals surface area contributed by atoms with Crippen molar-refractivity contribution in [3.05, 3.63) is 0 Å². The summed E-state index contributed by atoms with van der Waals surface area (Å²) in [6.45, 7) is 18.2. The molecule has 0 aromatic rings. The fraction of sp³-hybridized carbons (Fsp3) is 1.00. The molecule has 0 heterocycles. The van der Waals surface area contributed by atoms with Crippen LogP contribution in [0.2, 0.25) is 0 Å². The molecule has 41 heavy (non-hydrogen) atoms. The fourth-order valence-corrected chi connectivity index (χ4v) is 5.68. The van der Waals surface area contributed by atoms with E-state index in [0.717, 1.165) is 90.6 Å². The molecular formula is C34H70O7. The quantitative estimate of drug-likeness (QED) is 0.0612. The molecule has 0 aromatic heterocycles. The van der Waals surface area contributed by atoms with Crippen LogP contribution in [-0.2, 0) is 23.7 Å². The maximum atomic E-state index is 9.48. The summed E-state index contributed by atoms with van der Waals surface area (Å²) in [4.78, 5) is 0. The van der Waals surface area contributed by atoms with Crippen LogP contribution >= 0.6 is 0 Å². The Hall–Kier alpha value is -0.280. The molecule has 0 aromatic carbocycles. The van der Waals surface area contributed by atoms with E-state index >= 15 is 0 Å². The van der Waals surface area contributed by atoms with Gasteiger partial charge in [0.25, 0.3) is 0 Å². The Morgan fingerprint density at radius 1 is 0.366 bits per heavy atom. The van der Waals surface area contributed by atoms with Gasteiger partial charge in [-0.05, 0) is 127 Å². The van der Waals surface area contributed by atoms with Crippen LogP contribution < -0.4 is 0 Å². The van der Waals surface area contributed by atoms with Gasteiger partial charge in [0.1, 0.15) is 13.6 Å². The Morgan fingerprint density at radius 3 is 1.07 bits per heavy atom. The average Bonchev–Trinajstić information content (AvgIpc) is 2.88. The van der Waals surface area contributed by atoms with Crippen molar-refractivity contribution in [3.8, 4) is 0 Å². The number of ether oxygens (including phenoxy) is 5. The molecule has 248 valence electrons. The minimum absolute atomic E-state index is 0.192. The number of aliphatic hydroxyl groups excluding tert-OH is 2. The Bertz CT molecular complexity index is 473. The van der Waals surface area contributed by atoms with Crippen molar-refractivity contribution in [2.45, 2.75) is 144 Å². The molecule has 0 aliphatic carbocycles. The van der Waals surface area contributed by atoms with Gasteiger partial charge in [-0.1, -0.05) is 27.7 Å². The van der Waals surface area contributed by atoms with Crippen LogP contribution in [0.1, 0.15) is 131 Å². The van der Waals surface area contributed by atoms with Gasteiger partial charge in [-0.2, -0.15) is 0 Å². The van der Waals surface area contributed by atoms with Crippen molar-refractivity contribution in [1.82, 2.24) is 0 Å². The summed E-state index contributed by atoms with van der Waals surface area (Å²) in [5.74, 6) is 2.56. The van der Waals surface area contributed by atoms with E-state index in [-0.39, 0.29) is 25.8 Å². The van der Waals surface area contributed by atoms with Crippen LogP contribution in [0.25, 0.3) is 0 Å². The van der Waals surface area contributed by atoms with Crippen LogP contribution in [0, 0.1) is 23.7 Å². The van der Waals surface area contributed by atoms with Gasteiger partial charge >= 0.3 is 0 Å². The number of hydrogen-bond acceptors (Lipinski definition) is 7. The predicted molar refractivity (Wildman–Crippen MR) is 169 cm³/mol. The summed E-state index contributed by atoms with van der Waals surface area (Å²) >= 11 is 0. The first-order valence-electron chi connectivity index (χ1n) is 16.9. The highest BCUT2D eigenvalue weighted by Gasteiger charge is 2.12. The normalized spacial score (nSPS) is 16.4. The summed E-state index contributed by atoms with van der Waals surface area (Å²) < 4.78 is 28.0. The van der Waals surface area contributed by atoms with E-state index in [0.29, 0.717) is 36.9 Å². The zero-order chi connectivity index (χ0) is 30.6. The number of rotatable bonds is 32. The predicted octanol–water partition coefficient (Wildman–Crippen LogP) is 7.75. The first-order valence-corrected chi connectivity index (χ1v) is 16.9. The lowest BCUT2D eigenvalue weighted by atomic mass is 9.90. The maximum absolute atomic E-state index is 9.48. The third kappa shape index (κ3) is 32.5. The fourth-order valence-electron chi connectivity index (χ4n) is 5.68. The second-order valence-electron chi connectivity index (χ2n) is 12.9. The van der Waals surface area contributed by atoms with Crippen molar-refractivity contribution in [1.29, 1.82) is 0 Å². The second-order valence-corrected chi connectivity index (χ2v) is 12.9. The molecule has 0 saturated heterocycles. The summed E-state index contributed by atoms with van der Waals surface area (Å²) in [6.07, 6.45) is 14.8. The second kappa shape index (κ2) is 29.8. The van der Waals surface area contributed by atoms with E-state index in [1.807, 2.05) is 13.8 Å². The van der Waals surface area contributed by atoms with E-state index in [1.165, 1.54) is 25.7 Å². The minimum Gasteiger partial charge on any atom is -0.393 e. The molecule has 7 nitrogen and oxygen atoms in total. The first-order chi connectivity index (χ1) is 19.7. The zero-order valence-corrected chi connectivity index (χ0v) is 28.0. The highest BCUT2D eigenvalue weighted by molar-refractivity contribution is 4.63. The Labute approximate surface area is 254 Å². The Balaban J connectivity index is 3.22. The van der Waals surface area contributed by atoms with Crippen molar-refractivity contribution >= 4 is 0 Å². The minimum atomic E-state index is -0.192. The maximum Gasteiger partial charge on any atom is 0.149 e. The molecule has 6 unspecified atom stereocenters. The molecule has 0 rings (SSSR count). The van der Waals surface area contributed by atoms with Gasteiger partial charge in [0.15, 0.2) is 0 Å². The average molecular weight is 591 g/mol. The van der Waals surface area contributed by atoms with Crippen molar-refractivity contribution in [2.24, 2.45) is 23.7 Å². The van der Waals surface area contributed by atoms with Gasteiger partial charge in [-0.25, -0.2) is 0 Å². The summed E-state index contributed by atoms with van der Waals surface area (Å²) in [5, 5.41) is 19.0. The third-order valence-electron chi connectivity index (χ3n) is 7.56. The number of unbranched alkanes of at least 4 members (excludes halogenated alkanes) is 4. The molecule has 2 N–H and O–H groups in total. The number of aliphatic hydroxyl groups is 2. The topological polar surface area (TPSA) is 86.6 Å². The highest BCUT2D eigenvalue weighted by Crippen LogP contribution is 2.21. The monoisotopic (exact) mass is 591 g/mol. The van der Waals surface area contributed by atoms with Crippen molar-refractivity contribution < 1.29 is 33.9 Å². The third-order valence-corrected chi connectivity index (χ3v) is 7.56. The van der Waals surface area contributed by atoms with Gasteiger partial charge in [0, 0.05) is 39.6 Å². The lowest BCUT2D eigenvalue weighted by Gasteiger charge is -2.18. The molecule has 0 saturated carbocycles. The molecule has 0 spiro atoms. The Morgan fingerprint density at radius 2 is 0.707 bits per heavy atom. The van der Waals surface area contributed by atoms with Crippen LogP contribution in [0.15, 0.2) is 0 Å². The Kier molecular flexibility index (Phi) is 29.6. The van der Waals surface area contributed by atoms with Crippen molar-refractivity contribution in [3.63, 3.8) is 0 Å². The van der Waals surface area contributed by atoms with E-state index in [1.54, 1.807) is 0 Å². The standard InChI is InChI=1S/C34H70O7/c1-29(23-31(3)25-33(5)35)15-13-21-37-17-9-7-11-19-39-27-41-28-40-20-12-8-10-18-38-22-14-16-30(2)24-32(4)26-34(6)36/h29-36H,7-28H2,1-6H3. The lowest BCUT2D eigenvalue weighted by molar-refractivity contribution is -0.131. The zero-order valence-electron chi connectivity index (χ0n) is 28.0. The van der Waals surface area contributed by atoms with Crippen LogP contribution in [0.5, 0.6) is 0 Å². The van der Waals surface area contributed by atoms with Crippen LogP contribution in [0.4, 0.5) is 0 Å². The molecule has 6 atom stereocenters. The number of hydrogen-bond donors (Lipinski definition) is 2. The van der Waals surface area contributed by atoms with Crippen molar-refractivity contribution in [2.75, 3.05) is 53.2 Å². The molecule has 0 bridgehead atoms. The van der Waals surface area contributed by atoms with E-state index in [4.69, 9.17) is 23.7 Å². The lowest BCUT2D eigenvalue weighted by Crippen LogP contribution is -2.11. The van der Waals surface area contributed by atoms with Gasteiger partial charge < -0.3 is 33.9 Å². The van der Waals surface area contributed by atoms with E-state index < -0.39 is 0 Å². The van der Waals surface area contributed by atoms with Crippen LogP contribution in [-0.4, -0.2) is 75.6 Å². The van der Waals surface area contributed by atoms with Gasteiger partial charge in [0.05, 0.1) is 12.2 Å². The SMILES string of the molecule is CC(O)CC(C)CC(C)CCCOCCCCCOCOCOCCCCCOCCCC(C)CC(C)CC(C)O. The molecule has 0 fully saturated rings. The first kappa shape index (κ1) is 40.7. The highest BCUT2D eigenvalue weighted by atomic mass is 16.7.